The van der Waals surface area contributed by atoms with Crippen LogP contribution in [0, 0.1) is 0 Å². The van der Waals surface area contributed by atoms with Crippen LogP contribution in [0.1, 0.15) is 0 Å². The van der Waals surface area contributed by atoms with Crippen molar-refractivity contribution in [2.75, 3.05) is 4.90 Å². The van der Waals surface area contributed by atoms with Crippen molar-refractivity contribution >= 4 is 49.8 Å². The van der Waals surface area contributed by atoms with Crippen LogP contribution in [-0.2, 0) is 0 Å². The molecule has 0 atom stereocenters. The molecular formula is C64H43NO. The summed E-state index contributed by atoms with van der Waals surface area (Å²) in [5, 5.41) is 4.64. The maximum absolute atomic E-state index is 6.44. The van der Waals surface area contributed by atoms with Gasteiger partial charge in [0.25, 0.3) is 0 Å². The number of hydrogen-bond acceptors (Lipinski definition) is 2. The predicted molar refractivity (Wildman–Crippen MR) is 279 cm³/mol. The van der Waals surface area contributed by atoms with E-state index in [0.717, 1.165) is 89.1 Å². The topological polar surface area (TPSA) is 16.4 Å². The molecule has 0 aliphatic heterocycles. The number of fused-ring (bicyclic) bond motifs is 4. The first-order chi connectivity index (χ1) is 32.7. The minimum atomic E-state index is 0.866. The fourth-order valence-electron chi connectivity index (χ4n) is 9.77. The van der Waals surface area contributed by atoms with Crippen LogP contribution < -0.4 is 4.90 Å². The molecular weight excluding hydrogens is 799 g/mol. The first kappa shape index (κ1) is 38.9. The van der Waals surface area contributed by atoms with Gasteiger partial charge in [-0.05, 0) is 103 Å². The Hall–Kier alpha value is -8.72. The van der Waals surface area contributed by atoms with E-state index >= 15 is 0 Å². The second kappa shape index (κ2) is 16.8. The quantitative estimate of drug-likeness (QED) is 0.144. The summed E-state index contributed by atoms with van der Waals surface area (Å²) in [7, 11) is 0. The number of nitrogens with zero attached hydrogens (tertiary/aromatic N) is 1. The van der Waals surface area contributed by atoms with Crippen LogP contribution in [0.25, 0.3) is 99.5 Å². The van der Waals surface area contributed by atoms with Crippen LogP contribution in [-0.4, -0.2) is 0 Å². The third-order valence-electron chi connectivity index (χ3n) is 12.9. The van der Waals surface area contributed by atoms with Gasteiger partial charge in [0.1, 0.15) is 11.2 Å². The molecule has 0 fully saturated rings. The van der Waals surface area contributed by atoms with E-state index in [1.807, 2.05) is 6.07 Å². The highest BCUT2D eigenvalue weighted by Gasteiger charge is 2.27. The monoisotopic (exact) mass is 841 g/mol. The normalized spacial score (nSPS) is 11.3. The predicted octanol–water partition coefficient (Wildman–Crippen LogP) is 18.2. The molecule has 0 saturated carbocycles. The molecule has 12 rings (SSSR count). The maximum Gasteiger partial charge on any atom is 0.135 e. The van der Waals surface area contributed by atoms with Crippen LogP contribution in [0.2, 0.25) is 0 Å². The SMILES string of the molecule is c1ccc(-c2ccccc2-c2cccc(N(c3ccc(-c4ccc5ccccc5c4)cc3)c3c(-c4ccccc4)cccc3-c3ccccc3)c2-c2ccc3oc4ccccc4c3c2)cc1. The van der Waals surface area contributed by atoms with E-state index in [-0.39, 0.29) is 0 Å². The Kier molecular flexibility index (Phi) is 9.89. The van der Waals surface area contributed by atoms with Gasteiger partial charge in [-0.2, -0.15) is 0 Å². The summed E-state index contributed by atoms with van der Waals surface area (Å²) in [4.78, 5) is 2.51. The van der Waals surface area contributed by atoms with Gasteiger partial charge < -0.3 is 9.32 Å². The van der Waals surface area contributed by atoms with E-state index in [9.17, 15) is 0 Å². The molecule has 0 bridgehead atoms. The number of rotatable bonds is 9. The lowest BCUT2D eigenvalue weighted by Crippen LogP contribution is -2.14. The first-order valence-electron chi connectivity index (χ1n) is 22.6. The van der Waals surface area contributed by atoms with Crippen molar-refractivity contribution < 1.29 is 4.42 Å². The molecule has 0 amide bonds. The van der Waals surface area contributed by atoms with E-state index in [0.29, 0.717) is 0 Å². The molecule has 0 N–H and O–H groups in total. The zero-order valence-electron chi connectivity index (χ0n) is 36.2. The minimum absolute atomic E-state index is 0.866. The molecule has 11 aromatic carbocycles. The summed E-state index contributed by atoms with van der Waals surface area (Å²) in [5.74, 6) is 0. The van der Waals surface area contributed by atoms with Gasteiger partial charge >= 0.3 is 0 Å². The van der Waals surface area contributed by atoms with Crippen LogP contribution in [0.15, 0.2) is 265 Å². The second-order valence-corrected chi connectivity index (χ2v) is 16.8. The van der Waals surface area contributed by atoms with E-state index in [4.69, 9.17) is 4.42 Å². The summed E-state index contributed by atoms with van der Waals surface area (Å²) in [6, 6.07) is 94.2. The summed E-state index contributed by atoms with van der Waals surface area (Å²) < 4.78 is 6.44. The van der Waals surface area contributed by atoms with Gasteiger partial charge in [-0.1, -0.05) is 218 Å². The van der Waals surface area contributed by atoms with Gasteiger partial charge in [-0.15, -0.1) is 0 Å². The fraction of sp³-hybridized carbons (Fsp3) is 0. The zero-order chi connectivity index (χ0) is 43.8. The number of furan rings is 1. The molecule has 66 heavy (non-hydrogen) atoms. The Morgan fingerprint density at radius 2 is 0.788 bits per heavy atom. The number of hydrogen-bond donors (Lipinski definition) is 0. The van der Waals surface area contributed by atoms with Crippen molar-refractivity contribution in [2.24, 2.45) is 0 Å². The van der Waals surface area contributed by atoms with Gasteiger partial charge in [0.2, 0.25) is 0 Å². The molecule has 0 saturated heterocycles. The van der Waals surface area contributed by atoms with Crippen LogP contribution in [0.4, 0.5) is 17.1 Å². The second-order valence-electron chi connectivity index (χ2n) is 16.8. The Morgan fingerprint density at radius 1 is 0.273 bits per heavy atom. The number of para-hydroxylation sites is 2. The molecule has 1 heterocycles. The summed E-state index contributed by atoms with van der Waals surface area (Å²) in [5.41, 5.74) is 18.7. The minimum Gasteiger partial charge on any atom is -0.456 e. The largest absolute Gasteiger partial charge is 0.456 e. The van der Waals surface area contributed by atoms with Crippen molar-refractivity contribution in [2.45, 2.75) is 0 Å². The lowest BCUT2D eigenvalue weighted by molar-refractivity contribution is 0.669. The Bertz CT molecular complexity index is 3630. The molecule has 2 heteroatoms. The molecule has 2 nitrogen and oxygen atoms in total. The summed E-state index contributed by atoms with van der Waals surface area (Å²) in [6.45, 7) is 0. The average Bonchev–Trinajstić information content (AvgIpc) is 3.77. The van der Waals surface area contributed by atoms with Gasteiger partial charge in [-0.3, -0.25) is 0 Å². The molecule has 1 aromatic heterocycles. The Balaban J connectivity index is 1.18. The van der Waals surface area contributed by atoms with Gasteiger partial charge in [0.05, 0.1) is 11.4 Å². The van der Waals surface area contributed by atoms with Gasteiger partial charge in [0.15, 0.2) is 0 Å². The first-order valence-corrected chi connectivity index (χ1v) is 22.6. The smallest absolute Gasteiger partial charge is 0.135 e. The van der Waals surface area contributed by atoms with E-state index < -0.39 is 0 Å². The lowest BCUT2D eigenvalue weighted by Gasteiger charge is -2.33. The van der Waals surface area contributed by atoms with Gasteiger partial charge in [0, 0.05) is 33.2 Å². The molecule has 0 radical (unpaired) electrons. The third kappa shape index (κ3) is 7.02. The van der Waals surface area contributed by atoms with Crippen LogP contribution in [0.5, 0.6) is 0 Å². The molecule has 0 unspecified atom stereocenters. The molecule has 0 aliphatic rings. The fourth-order valence-corrected chi connectivity index (χ4v) is 9.77. The zero-order valence-corrected chi connectivity index (χ0v) is 36.2. The Labute approximate surface area is 384 Å². The molecule has 12 aromatic rings. The highest BCUT2D eigenvalue weighted by molar-refractivity contribution is 6.09. The molecule has 0 aliphatic carbocycles. The van der Waals surface area contributed by atoms with Gasteiger partial charge in [-0.25, -0.2) is 0 Å². The summed E-state index contributed by atoms with van der Waals surface area (Å²) in [6.07, 6.45) is 0. The van der Waals surface area contributed by atoms with E-state index in [2.05, 4.69) is 260 Å². The third-order valence-corrected chi connectivity index (χ3v) is 12.9. The van der Waals surface area contributed by atoms with Crippen molar-refractivity contribution in [1.29, 1.82) is 0 Å². The molecule has 310 valence electrons. The maximum atomic E-state index is 6.44. The van der Waals surface area contributed by atoms with E-state index in [1.54, 1.807) is 0 Å². The highest BCUT2D eigenvalue weighted by atomic mass is 16.3. The standard InChI is InChI=1S/C64H43NO/c1-4-19-46(20-5-1)53-26-12-13-27-56(53)58-31-17-32-60(63(58)51-38-41-62-59(43-51)57-28-14-15-33-61(57)66-62)65(52-39-36-45(37-40-52)50-35-34-44-18-10-11-25-49(44)42-50)64-54(47-21-6-2-7-22-47)29-16-30-55(64)48-23-8-3-9-24-48/h1-43H. The summed E-state index contributed by atoms with van der Waals surface area (Å²) >= 11 is 0. The van der Waals surface area contributed by atoms with Crippen molar-refractivity contribution in [3.05, 3.63) is 261 Å². The van der Waals surface area contributed by atoms with Crippen LogP contribution >= 0.6 is 0 Å². The molecule has 0 spiro atoms. The number of benzene rings is 11. The highest BCUT2D eigenvalue weighted by Crippen LogP contribution is 2.52. The van der Waals surface area contributed by atoms with Crippen molar-refractivity contribution in [3.8, 4) is 66.8 Å². The van der Waals surface area contributed by atoms with E-state index in [1.165, 1.54) is 27.5 Å². The van der Waals surface area contributed by atoms with Crippen molar-refractivity contribution in [3.63, 3.8) is 0 Å². The van der Waals surface area contributed by atoms with Crippen molar-refractivity contribution in [1.82, 2.24) is 0 Å². The lowest BCUT2D eigenvalue weighted by atomic mass is 9.87. The number of anilines is 3. The average molecular weight is 842 g/mol. The Morgan fingerprint density at radius 3 is 1.50 bits per heavy atom. The van der Waals surface area contributed by atoms with Crippen LogP contribution in [0.3, 0.4) is 0 Å².